The number of rotatable bonds is 5. The van der Waals surface area contributed by atoms with Crippen molar-refractivity contribution in [3.8, 4) is 0 Å². The maximum absolute atomic E-state index is 13.7. The Balaban J connectivity index is 2.55. The first-order chi connectivity index (χ1) is 10.8. The van der Waals surface area contributed by atoms with Crippen LogP contribution in [0.25, 0.3) is 5.57 Å². The number of amides is 1. The summed E-state index contributed by atoms with van der Waals surface area (Å²) in [5.74, 6) is 4.92. The molecule has 1 aromatic rings. The number of unbranched alkanes of at least 4 members (excludes halogenated alkanes) is 1. The average molecular weight is 319 g/mol. The fraction of sp³-hybridized carbons (Fsp3) is 0.500. The number of nitrogens with one attached hydrogen (secondary N) is 1. The van der Waals surface area contributed by atoms with E-state index in [0.29, 0.717) is 6.42 Å². The quantitative estimate of drug-likeness (QED) is 0.497. The highest BCUT2D eigenvalue weighted by molar-refractivity contribution is 5.89. The van der Waals surface area contributed by atoms with Crippen LogP contribution >= 0.6 is 0 Å². The number of nitrogens with two attached hydrogens (primary N) is 1. The summed E-state index contributed by atoms with van der Waals surface area (Å²) in [6, 6.07) is 4.34. The summed E-state index contributed by atoms with van der Waals surface area (Å²) in [6.07, 6.45) is 4.70. The average Bonchev–Trinajstić information content (AvgIpc) is 2.49. The Hall–Kier alpha value is -1.88. The van der Waals surface area contributed by atoms with Crippen LogP contribution in [-0.4, -0.2) is 17.5 Å². The van der Waals surface area contributed by atoms with Crippen molar-refractivity contribution in [3.63, 3.8) is 0 Å². The number of carbonyl (C=O) groups is 1. The maximum atomic E-state index is 13.7. The van der Waals surface area contributed by atoms with E-state index in [2.05, 4.69) is 37.2 Å². The fourth-order valence-electron chi connectivity index (χ4n) is 3.46. The van der Waals surface area contributed by atoms with Gasteiger partial charge in [-0.25, -0.2) is 10.2 Å². The zero-order chi connectivity index (χ0) is 17.2. The number of hydrogen-bond donors (Lipinski definition) is 2. The van der Waals surface area contributed by atoms with Crippen molar-refractivity contribution in [1.29, 1.82) is 0 Å². The molecule has 0 aliphatic carbocycles. The van der Waals surface area contributed by atoms with Gasteiger partial charge in [0.25, 0.3) is 5.91 Å². The van der Waals surface area contributed by atoms with Gasteiger partial charge in [-0.05, 0) is 51.0 Å². The second-order valence-corrected chi connectivity index (χ2v) is 6.68. The lowest BCUT2D eigenvalue weighted by Gasteiger charge is -2.47. The molecular formula is C18H26FN3O. The van der Waals surface area contributed by atoms with Gasteiger partial charge in [0.2, 0.25) is 0 Å². The van der Waals surface area contributed by atoms with Crippen molar-refractivity contribution in [3.05, 3.63) is 35.7 Å². The summed E-state index contributed by atoms with van der Waals surface area (Å²) in [5, 5.41) is 0. The van der Waals surface area contributed by atoms with Crippen molar-refractivity contribution < 1.29 is 9.18 Å². The Morgan fingerprint density at radius 3 is 2.74 bits per heavy atom. The summed E-state index contributed by atoms with van der Waals surface area (Å²) in [7, 11) is 0. The fourth-order valence-corrected chi connectivity index (χ4v) is 3.46. The van der Waals surface area contributed by atoms with Crippen LogP contribution in [0.4, 0.5) is 10.1 Å². The van der Waals surface area contributed by atoms with E-state index >= 15 is 0 Å². The van der Waals surface area contributed by atoms with E-state index in [0.717, 1.165) is 29.7 Å². The number of allylic oxidation sites excluding steroid dienone is 1. The van der Waals surface area contributed by atoms with E-state index in [-0.39, 0.29) is 23.3 Å². The Kier molecular flexibility index (Phi) is 5.09. The van der Waals surface area contributed by atoms with Crippen LogP contribution in [0, 0.1) is 5.82 Å². The number of anilines is 1. The van der Waals surface area contributed by atoms with Crippen molar-refractivity contribution >= 4 is 17.2 Å². The van der Waals surface area contributed by atoms with E-state index in [1.165, 1.54) is 12.1 Å². The SMILES string of the molecule is CCCC[C@H](C(=O)NN)N1c2ccc(F)cc2C(C)=CC1(C)C. The number of benzene rings is 1. The third-order valence-electron chi connectivity index (χ3n) is 4.42. The first kappa shape index (κ1) is 17.5. The molecule has 23 heavy (non-hydrogen) atoms. The molecule has 0 bridgehead atoms. The highest BCUT2D eigenvalue weighted by atomic mass is 19.1. The monoisotopic (exact) mass is 319 g/mol. The van der Waals surface area contributed by atoms with Gasteiger partial charge in [0.1, 0.15) is 11.9 Å². The van der Waals surface area contributed by atoms with Crippen LogP contribution < -0.4 is 16.2 Å². The summed E-state index contributed by atoms with van der Waals surface area (Å²) >= 11 is 0. The van der Waals surface area contributed by atoms with Crippen LogP contribution in [0.1, 0.15) is 52.5 Å². The van der Waals surface area contributed by atoms with Gasteiger partial charge < -0.3 is 4.90 Å². The molecule has 0 spiro atoms. The van der Waals surface area contributed by atoms with Crippen LogP contribution in [0.3, 0.4) is 0 Å². The lowest BCUT2D eigenvalue weighted by molar-refractivity contribution is -0.122. The molecular weight excluding hydrogens is 293 g/mol. The number of hydrazine groups is 1. The van der Waals surface area contributed by atoms with E-state index in [4.69, 9.17) is 5.84 Å². The van der Waals surface area contributed by atoms with Crippen molar-refractivity contribution in [2.24, 2.45) is 5.84 Å². The second-order valence-electron chi connectivity index (χ2n) is 6.68. The van der Waals surface area contributed by atoms with Gasteiger partial charge in [-0.3, -0.25) is 10.2 Å². The molecule has 0 fully saturated rings. The Labute approximate surface area is 137 Å². The lowest BCUT2D eigenvalue weighted by Crippen LogP contribution is -2.57. The van der Waals surface area contributed by atoms with Gasteiger partial charge >= 0.3 is 0 Å². The van der Waals surface area contributed by atoms with Gasteiger partial charge in [-0.2, -0.15) is 0 Å². The summed E-state index contributed by atoms with van der Waals surface area (Å²) in [5.41, 5.74) is 4.65. The zero-order valence-corrected chi connectivity index (χ0v) is 14.3. The Bertz CT molecular complexity index is 625. The summed E-state index contributed by atoms with van der Waals surface area (Å²) < 4.78 is 13.7. The Morgan fingerprint density at radius 1 is 1.43 bits per heavy atom. The molecule has 0 unspecified atom stereocenters. The number of carbonyl (C=O) groups excluding carboxylic acids is 1. The minimum absolute atomic E-state index is 0.213. The third kappa shape index (κ3) is 3.39. The molecule has 2 rings (SSSR count). The molecule has 0 saturated carbocycles. The topological polar surface area (TPSA) is 58.4 Å². The molecule has 1 amide bonds. The molecule has 0 aromatic heterocycles. The molecule has 0 radical (unpaired) electrons. The largest absolute Gasteiger partial charge is 0.350 e. The normalized spacial score (nSPS) is 17.3. The number of fused-ring (bicyclic) bond motifs is 1. The highest BCUT2D eigenvalue weighted by Crippen LogP contribution is 2.41. The first-order valence-corrected chi connectivity index (χ1v) is 8.11. The standard InChI is InChI=1S/C18H26FN3O/c1-5-6-7-16(17(23)21-20)22-15-9-8-13(19)10-14(15)12(2)11-18(22,3)4/h8-11,16H,5-7,20H2,1-4H3,(H,21,23)/t16-/m1/s1. The first-order valence-electron chi connectivity index (χ1n) is 8.11. The van der Waals surface area contributed by atoms with Crippen LogP contribution in [0.5, 0.6) is 0 Å². The molecule has 1 atom stereocenters. The minimum atomic E-state index is -0.386. The lowest BCUT2D eigenvalue weighted by atomic mass is 9.86. The number of halogens is 1. The number of nitrogens with zero attached hydrogens (tertiary/aromatic N) is 1. The molecule has 5 heteroatoms. The molecule has 4 nitrogen and oxygen atoms in total. The van der Waals surface area contributed by atoms with Crippen LogP contribution in [0.15, 0.2) is 24.3 Å². The predicted molar refractivity (Wildman–Crippen MR) is 92.3 cm³/mol. The molecule has 3 N–H and O–H groups in total. The van der Waals surface area contributed by atoms with E-state index < -0.39 is 0 Å². The van der Waals surface area contributed by atoms with Gasteiger partial charge in [0.15, 0.2) is 0 Å². The summed E-state index contributed by atoms with van der Waals surface area (Å²) in [6.45, 7) is 8.19. The zero-order valence-electron chi connectivity index (χ0n) is 14.3. The smallest absolute Gasteiger partial charge is 0.256 e. The van der Waals surface area contributed by atoms with Gasteiger partial charge in [-0.15, -0.1) is 0 Å². The second kappa shape index (κ2) is 6.71. The van der Waals surface area contributed by atoms with Crippen molar-refractivity contribution in [2.45, 2.75) is 58.5 Å². The number of hydrogen-bond acceptors (Lipinski definition) is 3. The molecule has 1 aromatic carbocycles. The van der Waals surface area contributed by atoms with E-state index in [9.17, 15) is 9.18 Å². The van der Waals surface area contributed by atoms with Crippen LogP contribution in [-0.2, 0) is 4.79 Å². The Morgan fingerprint density at radius 2 is 2.13 bits per heavy atom. The van der Waals surface area contributed by atoms with Crippen molar-refractivity contribution in [2.75, 3.05) is 4.90 Å². The van der Waals surface area contributed by atoms with Gasteiger partial charge in [0, 0.05) is 11.3 Å². The molecule has 0 saturated heterocycles. The van der Waals surface area contributed by atoms with E-state index in [1.807, 2.05) is 6.92 Å². The maximum Gasteiger partial charge on any atom is 0.256 e. The minimum Gasteiger partial charge on any atom is -0.350 e. The van der Waals surface area contributed by atoms with E-state index in [1.54, 1.807) is 6.07 Å². The molecule has 126 valence electrons. The van der Waals surface area contributed by atoms with Gasteiger partial charge in [0.05, 0.1) is 5.54 Å². The third-order valence-corrected chi connectivity index (χ3v) is 4.42. The van der Waals surface area contributed by atoms with Crippen LogP contribution in [0.2, 0.25) is 0 Å². The van der Waals surface area contributed by atoms with Gasteiger partial charge in [-0.1, -0.05) is 25.8 Å². The summed E-state index contributed by atoms with van der Waals surface area (Å²) in [4.78, 5) is 14.5. The highest BCUT2D eigenvalue weighted by Gasteiger charge is 2.38. The predicted octanol–water partition coefficient (Wildman–Crippen LogP) is 3.38. The molecule has 1 aliphatic heterocycles. The molecule has 1 heterocycles. The molecule has 1 aliphatic rings. The van der Waals surface area contributed by atoms with Crippen molar-refractivity contribution in [1.82, 2.24) is 5.43 Å².